The van der Waals surface area contributed by atoms with E-state index in [2.05, 4.69) is 5.32 Å². The molecule has 3 aliphatic rings. The molecule has 5 rings (SSSR count). The van der Waals surface area contributed by atoms with Crippen LogP contribution in [0.25, 0.3) is 0 Å². The lowest BCUT2D eigenvalue weighted by Crippen LogP contribution is -2.56. The minimum absolute atomic E-state index is 0.0154. The number of carbonyl (C=O) groups excluding carboxylic acids is 2. The minimum Gasteiger partial charge on any atom is -0.454 e. The van der Waals surface area contributed by atoms with Crippen LogP contribution in [0.15, 0.2) is 36.4 Å². The molecule has 2 fully saturated rings. The lowest BCUT2D eigenvalue weighted by molar-refractivity contribution is -0.127. The summed E-state index contributed by atoms with van der Waals surface area (Å²) in [7, 11) is 0. The van der Waals surface area contributed by atoms with Crippen molar-refractivity contribution in [1.82, 2.24) is 10.2 Å². The first-order chi connectivity index (χ1) is 16.0. The largest absolute Gasteiger partial charge is 0.454 e. The van der Waals surface area contributed by atoms with Gasteiger partial charge in [0.15, 0.2) is 11.5 Å². The number of rotatable bonds is 4. The van der Waals surface area contributed by atoms with E-state index in [9.17, 15) is 18.4 Å². The number of nitrogens with zero attached hydrogens (tertiary/aromatic N) is 1. The van der Waals surface area contributed by atoms with Crippen molar-refractivity contribution < 1.29 is 32.6 Å². The summed E-state index contributed by atoms with van der Waals surface area (Å²) in [5.41, 5.74) is -0.432. The summed E-state index contributed by atoms with van der Waals surface area (Å²) in [6.07, 6.45) is 3.79. The van der Waals surface area contributed by atoms with Gasteiger partial charge in [-0.25, -0.2) is 8.78 Å². The summed E-state index contributed by atoms with van der Waals surface area (Å²) in [6.45, 7) is 0.386. The van der Waals surface area contributed by atoms with E-state index in [1.54, 1.807) is 12.1 Å². The highest BCUT2D eigenvalue weighted by Crippen LogP contribution is 2.41. The molecule has 33 heavy (non-hydrogen) atoms. The third kappa shape index (κ3) is 4.01. The van der Waals surface area contributed by atoms with Gasteiger partial charge < -0.3 is 19.5 Å². The Labute approximate surface area is 189 Å². The summed E-state index contributed by atoms with van der Waals surface area (Å²) in [5, 5.41) is 2.85. The van der Waals surface area contributed by atoms with Crippen molar-refractivity contribution >= 4 is 11.8 Å². The van der Waals surface area contributed by atoms with Crippen LogP contribution in [0.2, 0.25) is 0 Å². The number of fused-ring (bicyclic) bond motifs is 1. The molecular formula is C24H24F2N2O5. The Bertz CT molecular complexity index is 1090. The van der Waals surface area contributed by atoms with Crippen molar-refractivity contribution in [1.29, 1.82) is 0 Å². The molecule has 2 amide bonds. The second kappa shape index (κ2) is 8.62. The highest BCUT2D eigenvalue weighted by Gasteiger charge is 2.53. The Morgan fingerprint density at radius 3 is 2.61 bits per heavy atom. The molecule has 1 N–H and O–H groups in total. The third-order valence-electron chi connectivity index (χ3n) is 6.48. The highest BCUT2D eigenvalue weighted by molar-refractivity contribution is 5.98. The minimum atomic E-state index is -0.961. The quantitative estimate of drug-likeness (QED) is 0.759. The van der Waals surface area contributed by atoms with E-state index >= 15 is 0 Å². The van der Waals surface area contributed by atoms with Crippen molar-refractivity contribution in [3.63, 3.8) is 0 Å². The fraction of sp³-hybridized carbons (Fsp3) is 0.417. The summed E-state index contributed by atoms with van der Waals surface area (Å²) < 4.78 is 44.6. The maximum Gasteiger partial charge on any atom is 0.259 e. The van der Waals surface area contributed by atoms with Gasteiger partial charge in [0.05, 0.1) is 12.2 Å². The molecule has 9 heteroatoms. The standard InChI is InChI=1S/C24H24F2N2O5/c25-16-5-6-17(18(26)11-16)23(30)28-19(13-33-24(28)8-2-1-3-9-24)22(29)27-12-15-4-7-20-21(10-15)32-14-31-20/h4-7,10-11,19H,1-3,8-9,12-14H2,(H,27,29). The van der Waals surface area contributed by atoms with Crippen LogP contribution in [0.5, 0.6) is 11.5 Å². The zero-order valence-corrected chi connectivity index (χ0v) is 17.9. The van der Waals surface area contributed by atoms with Crippen LogP contribution in [0.1, 0.15) is 48.0 Å². The SMILES string of the molecule is O=C(NCc1ccc2c(c1)OCO2)C1COC2(CCCCC2)N1C(=O)c1ccc(F)cc1F. The molecule has 1 spiro atoms. The molecule has 2 aromatic carbocycles. The average molecular weight is 458 g/mol. The average Bonchev–Trinajstić information content (AvgIpc) is 3.42. The predicted molar refractivity (Wildman–Crippen MR) is 112 cm³/mol. The summed E-state index contributed by atoms with van der Waals surface area (Å²) in [6, 6.07) is 7.28. The van der Waals surface area contributed by atoms with Crippen molar-refractivity contribution in [2.24, 2.45) is 0 Å². The topological polar surface area (TPSA) is 77.1 Å². The van der Waals surface area contributed by atoms with Crippen molar-refractivity contribution in [2.45, 2.75) is 50.4 Å². The van der Waals surface area contributed by atoms with Gasteiger partial charge in [-0.2, -0.15) is 0 Å². The Kier molecular flexibility index (Phi) is 5.65. The zero-order valence-electron chi connectivity index (χ0n) is 17.9. The Morgan fingerprint density at radius 2 is 1.82 bits per heavy atom. The van der Waals surface area contributed by atoms with Gasteiger partial charge >= 0.3 is 0 Å². The smallest absolute Gasteiger partial charge is 0.259 e. The van der Waals surface area contributed by atoms with Gasteiger partial charge in [-0.05, 0) is 55.5 Å². The van der Waals surface area contributed by atoms with Crippen LogP contribution in [0.4, 0.5) is 8.78 Å². The zero-order chi connectivity index (χ0) is 23.0. The van der Waals surface area contributed by atoms with Crippen LogP contribution in [0.3, 0.4) is 0 Å². The van der Waals surface area contributed by atoms with Gasteiger partial charge in [-0.3, -0.25) is 14.5 Å². The first-order valence-electron chi connectivity index (χ1n) is 11.1. The lowest BCUT2D eigenvalue weighted by Gasteiger charge is -2.41. The van der Waals surface area contributed by atoms with Crippen LogP contribution >= 0.6 is 0 Å². The summed E-state index contributed by atoms with van der Waals surface area (Å²) in [5.74, 6) is -1.55. The molecule has 7 nitrogen and oxygen atoms in total. The molecule has 1 saturated heterocycles. The maximum absolute atomic E-state index is 14.5. The number of hydrogen-bond donors (Lipinski definition) is 1. The van der Waals surface area contributed by atoms with Gasteiger partial charge in [0.25, 0.3) is 5.91 Å². The van der Waals surface area contributed by atoms with E-state index < -0.39 is 35.2 Å². The van der Waals surface area contributed by atoms with E-state index in [1.165, 1.54) is 4.90 Å². The molecule has 2 aromatic rings. The molecule has 0 radical (unpaired) electrons. The van der Waals surface area contributed by atoms with Gasteiger partial charge in [-0.15, -0.1) is 0 Å². The molecule has 1 aliphatic carbocycles. The third-order valence-corrected chi connectivity index (χ3v) is 6.48. The monoisotopic (exact) mass is 458 g/mol. The van der Waals surface area contributed by atoms with Crippen molar-refractivity contribution in [2.75, 3.05) is 13.4 Å². The van der Waals surface area contributed by atoms with Gasteiger partial charge in [-0.1, -0.05) is 12.5 Å². The molecule has 1 atom stereocenters. The summed E-state index contributed by atoms with van der Waals surface area (Å²) in [4.78, 5) is 28.0. The van der Waals surface area contributed by atoms with Crippen LogP contribution in [-0.2, 0) is 16.1 Å². The Balaban J connectivity index is 1.37. The van der Waals surface area contributed by atoms with E-state index in [0.717, 1.165) is 37.0 Å². The fourth-order valence-electron chi connectivity index (χ4n) is 4.82. The predicted octanol–water partition coefficient (Wildman–Crippen LogP) is 3.51. The Hall–Kier alpha value is -3.20. The van der Waals surface area contributed by atoms with E-state index in [-0.39, 0.29) is 25.5 Å². The second-order valence-electron chi connectivity index (χ2n) is 8.54. The van der Waals surface area contributed by atoms with Gasteiger partial charge in [0, 0.05) is 12.6 Å². The molecule has 2 aliphatic heterocycles. The number of benzene rings is 2. The number of amides is 2. The van der Waals surface area contributed by atoms with Crippen LogP contribution < -0.4 is 14.8 Å². The second-order valence-corrected chi connectivity index (χ2v) is 8.54. The summed E-state index contributed by atoms with van der Waals surface area (Å²) >= 11 is 0. The first kappa shape index (κ1) is 21.6. The van der Waals surface area contributed by atoms with E-state index in [4.69, 9.17) is 14.2 Å². The number of halogens is 2. The van der Waals surface area contributed by atoms with E-state index in [0.29, 0.717) is 30.4 Å². The molecule has 1 saturated carbocycles. The highest BCUT2D eigenvalue weighted by atomic mass is 19.1. The van der Waals surface area contributed by atoms with Gasteiger partial charge in [0.1, 0.15) is 23.4 Å². The molecule has 2 heterocycles. The lowest BCUT2D eigenvalue weighted by atomic mass is 9.89. The van der Waals surface area contributed by atoms with Crippen LogP contribution in [-0.4, -0.2) is 41.9 Å². The molecule has 174 valence electrons. The van der Waals surface area contributed by atoms with Crippen molar-refractivity contribution in [3.05, 3.63) is 59.2 Å². The number of ether oxygens (including phenoxy) is 3. The molecule has 0 aromatic heterocycles. The fourth-order valence-corrected chi connectivity index (χ4v) is 4.82. The van der Waals surface area contributed by atoms with E-state index in [1.807, 2.05) is 6.07 Å². The normalized spacial score (nSPS) is 20.8. The Morgan fingerprint density at radius 1 is 1.03 bits per heavy atom. The molecule has 0 bridgehead atoms. The maximum atomic E-state index is 14.5. The van der Waals surface area contributed by atoms with Crippen molar-refractivity contribution in [3.8, 4) is 11.5 Å². The first-order valence-corrected chi connectivity index (χ1v) is 11.1. The molecule has 1 unspecified atom stereocenters. The number of carbonyl (C=O) groups is 2. The van der Waals surface area contributed by atoms with Crippen LogP contribution in [0, 0.1) is 11.6 Å². The number of nitrogens with one attached hydrogen (secondary N) is 1. The van der Waals surface area contributed by atoms with Gasteiger partial charge in [0.2, 0.25) is 12.7 Å². The molecular weight excluding hydrogens is 434 g/mol. The number of hydrogen-bond acceptors (Lipinski definition) is 5.